The van der Waals surface area contributed by atoms with Crippen LogP contribution in [0.5, 0.6) is 0 Å². The highest BCUT2D eigenvalue weighted by Crippen LogP contribution is 2.28. The zero-order valence-electron chi connectivity index (χ0n) is 16.5. The molecular formula is C17H15F3N4O6S2. The predicted molar refractivity (Wildman–Crippen MR) is 108 cm³/mol. The first kappa shape index (κ1) is 23.6. The minimum Gasteiger partial charge on any atom is -0.480 e. The highest BCUT2D eigenvalue weighted by Gasteiger charge is 2.35. The maximum absolute atomic E-state index is 13.1. The molecular weight excluding hydrogens is 477 g/mol. The number of nitrogens with zero attached hydrogens (tertiary/aromatic N) is 4. The van der Waals surface area contributed by atoms with Crippen LogP contribution in [-0.2, 0) is 34.6 Å². The fourth-order valence-corrected chi connectivity index (χ4v) is 4.44. The number of carbonyl (C=O) groups is 1. The van der Waals surface area contributed by atoms with Gasteiger partial charge < -0.3 is 5.11 Å². The maximum Gasteiger partial charge on any atom is 0.431 e. The van der Waals surface area contributed by atoms with E-state index in [0.717, 1.165) is 24.8 Å². The number of aromatic nitrogens is 3. The van der Waals surface area contributed by atoms with Crippen molar-refractivity contribution in [1.29, 1.82) is 0 Å². The molecule has 32 heavy (non-hydrogen) atoms. The number of rotatable bonds is 6. The molecule has 2 heterocycles. The van der Waals surface area contributed by atoms with Crippen LogP contribution >= 0.6 is 11.5 Å². The Morgan fingerprint density at radius 2 is 1.91 bits per heavy atom. The Hall–Kier alpha value is -3.04. The van der Waals surface area contributed by atoms with Crippen LogP contribution in [0.25, 0.3) is 15.8 Å². The van der Waals surface area contributed by atoms with E-state index in [1.165, 1.54) is 18.2 Å². The van der Waals surface area contributed by atoms with E-state index < -0.39 is 52.2 Å². The molecule has 0 amide bonds. The van der Waals surface area contributed by atoms with Crippen molar-refractivity contribution < 1.29 is 31.5 Å². The van der Waals surface area contributed by atoms with E-state index in [-0.39, 0.29) is 11.4 Å². The van der Waals surface area contributed by atoms with Gasteiger partial charge >= 0.3 is 17.8 Å². The minimum absolute atomic E-state index is 0.0533. The van der Waals surface area contributed by atoms with Crippen LogP contribution in [0, 0.1) is 0 Å². The third-order valence-corrected chi connectivity index (χ3v) is 6.56. The number of sulfonamides is 1. The van der Waals surface area contributed by atoms with Gasteiger partial charge in [-0.05, 0) is 29.7 Å². The van der Waals surface area contributed by atoms with Crippen molar-refractivity contribution in [3.05, 3.63) is 56.5 Å². The summed E-state index contributed by atoms with van der Waals surface area (Å²) in [5.74, 6) is -1.38. The zero-order chi connectivity index (χ0) is 24.0. The van der Waals surface area contributed by atoms with Crippen LogP contribution < -0.4 is 11.2 Å². The van der Waals surface area contributed by atoms with Crippen molar-refractivity contribution in [2.24, 2.45) is 7.05 Å². The molecule has 0 atom stereocenters. The fraction of sp³-hybridized carbons (Fsp3) is 0.294. The standard InChI is InChI=1S/C17H15F3N4O6S2/c1-22-13(17(18,19)20)6-14(25)24(16(22)28)9-3-4-12-10(5-9)11(21-31-12)7-23(8-15(26)27)32(2,29)30/h3-6H,7-8H2,1-2H3,(H,26,27). The summed E-state index contributed by atoms with van der Waals surface area (Å²) in [5, 5.41) is 9.29. The van der Waals surface area contributed by atoms with E-state index in [9.17, 15) is 36.0 Å². The maximum atomic E-state index is 13.1. The SMILES string of the molecule is Cn1c(C(F)(F)F)cc(=O)n(-c2ccc3snc(CN(CC(=O)O)S(C)(=O)=O)c3c2)c1=O. The van der Waals surface area contributed by atoms with Crippen LogP contribution in [0.4, 0.5) is 13.2 Å². The Kier molecular flexibility index (Phi) is 6.01. The first-order valence-corrected chi connectivity index (χ1v) is 11.3. The van der Waals surface area contributed by atoms with Gasteiger partial charge in [0.1, 0.15) is 12.2 Å². The van der Waals surface area contributed by atoms with Crippen molar-refractivity contribution in [1.82, 2.24) is 17.8 Å². The van der Waals surface area contributed by atoms with Crippen molar-refractivity contribution >= 4 is 37.6 Å². The summed E-state index contributed by atoms with van der Waals surface area (Å²) in [5.41, 5.74) is -3.72. The predicted octanol–water partition coefficient (Wildman–Crippen LogP) is 1.01. The summed E-state index contributed by atoms with van der Waals surface area (Å²) in [7, 11) is -3.02. The Morgan fingerprint density at radius 3 is 2.47 bits per heavy atom. The molecule has 3 rings (SSSR count). The van der Waals surface area contributed by atoms with Gasteiger partial charge in [0.15, 0.2) is 0 Å². The van der Waals surface area contributed by atoms with Gasteiger partial charge in [0, 0.05) is 18.5 Å². The smallest absolute Gasteiger partial charge is 0.431 e. The Bertz CT molecular complexity index is 1440. The normalized spacial score (nSPS) is 12.6. The van der Waals surface area contributed by atoms with Crippen molar-refractivity contribution in [2.45, 2.75) is 12.7 Å². The van der Waals surface area contributed by atoms with Gasteiger partial charge in [-0.1, -0.05) is 0 Å². The van der Waals surface area contributed by atoms with Crippen LogP contribution in [-0.4, -0.2) is 50.1 Å². The van der Waals surface area contributed by atoms with E-state index in [2.05, 4.69) is 4.37 Å². The van der Waals surface area contributed by atoms with Crippen LogP contribution in [0.3, 0.4) is 0 Å². The highest BCUT2D eigenvalue weighted by molar-refractivity contribution is 7.88. The summed E-state index contributed by atoms with van der Waals surface area (Å²) >= 11 is 0.968. The number of aliphatic carboxylic acids is 1. The van der Waals surface area contributed by atoms with E-state index in [1.54, 1.807) is 0 Å². The topological polar surface area (TPSA) is 132 Å². The number of halogens is 3. The molecule has 0 radical (unpaired) electrons. The van der Waals surface area contributed by atoms with E-state index >= 15 is 0 Å². The van der Waals surface area contributed by atoms with Crippen molar-refractivity contribution in [2.75, 3.05) is 12.8 Å². The molecule has 0 aliphatic rings. The van der Waals surface area contributed by atoms with Gasteiger partial charge in [0.25, 0.3) is 5.56 Å². The summed E-state index contributed by atoms with van der Waals surface area (Å²) in [6.07, 6.45) is -4.07. The molecule has 0 fully saturated rings. The van der Waals surface area contributed by atoms with Gasteiger partial charge in [-0.3, -0.25) is 14.2 Å². The average Bonchev–Trinajstić information content (AvgIpc) is 3.04. The second kappa shape index (κ2) is 8.14. The highest BCUT2D eigenvalue weighted by atomic mass is 32.2. The molecule has 0 saturated heterocycles. The van der Waals surface area contributed by atoms with Gasteiger partial charge in [-0.15, -0.1) is 0 Å². The molecule has 0 unspecified atom stereocenters. The molecule has 0 saturated carbocycles. The van der Waals surface area contributed by atoms with E-state index in [0.29, 0.717) is 29.6 Å². The molecule has 15 heteroatoms. The molecule has 0 aliphatic carbocycles. The summed E-state index contributed by atoms with van der Waals surface area (Å²) in [6.45, 7) is -1.20. The minimum atomic E-state index is -4.90. The number of carboxylic acid groups (broad SMARTS) is 1. The van der Waals surface area contributed by atoms with Crippen molar-refractivity contribution in [3.63, 3.8) is 0 Å². The monoisotopic (exact) mass is 492 g/mol. The number of fused-ring (bicyclic) bond motifs is 1. The first-order valence-electron chi connectivity index (χ1n) is 8.66. The molecule has 0 bridgehead atoms. The lowest BCUT2D eigenvalue weighted by Gasteiger charge is -2.16. The van der Waals surface area contributed by atoms with Crippen LogP contribution in [0.1, 0.15) is 11.4 Å². The second-order valence-corrected chi connectivity index (χ2v) is 9.56. The summed E-state index contributed by atoms with van der Waals surface area (Å²) < 4.78 is 69.2. The molecule has 0 aliphatic heterocycles. The number of alkyl halides is 3. The van der Waals surface area contributed by atoms with E-state index in [1.807, 2.05) is 0 Å². The molecule has 1 N–H and O–H groups in total. The number of carboxylic acids is 1. The van der Waals surface area contributed by atoms with Gasteiger partial charge in [0.05, 0.1) is 28.9 Å². The molecule has 172 valence electrons. The summed E-state index contributed by atoms with van der Waals surface area (Å²) in [6, 6.07) is 4.42. The van der Waals surface area contributed by atoms with Crippen LogP contribution in [0.2, 0.25) is 0 Å². The Morgan fingerprint density at radius 1 is 1.25 bits per heavy atom. The summed E-state index contributed by atoms with van der Waals surface area (Å²) in [4.78, 5) is 35.9. The Balaban J connectivity index is 2.15. The molecule has 2 aromatic heterocycles. The quantitative estimate of drug-likeness (QED) is 0.543. The largest absolute Gasteiger partial charge is 0.480 e. The Labute approximate surface area is 182 Å². The van der Waals surface area contributed by atoms with Gasteiger partial charge in [0.2, 0.25) is 10.0 Å². The third kappa shape index (κ3) is 4.58. The van der Waals surface area contributed by atoms with Gasteiger partial charge in [-0.25, -0.2) is 17.8 Å². The molecule has 1 aromatic carbocycles. The van der Waals surface area contributed by atoms with Crippen molar-refractivity contribution in [3.8, 4) is 5.69 Å². The number of benzene rings is 1. The average molecular weight is 492 g/mol. The van der Waals surface area contributed by atoms with Gasteiger partial charge in [-0.2, -0.15) is 21.9 Å². The lowest BCUT2D eigenvalue weighted by atomic mass is 10.2. The van der Waals surface area contributed by atoms with E-state index in [4.69, 9.17) is 5.11 Å². The molecule has 3 aromatic rings. The van der Waals surface area contributed by atoms with Crippen LogP contribution in [0.15, 0.2) is 33.9 Å². The fourth-order valence-electron chi connectivity index (χ4n) is 2.97. The zero-order valence-corrected chi connectivity index (χ0v) is 18.1. The number of hydrogen-bond donors (Lipinski definition) is 1. The number of hydrogen-bond acceptors (Lipinski definition) is 7. The second-order valence-electron chi connectivity index (χ2n) is 6.78. The lowest BCUT2D eigenvalue weighted by Crippen LogP contribution is -2.40. The first-order chi connectivity index (χ1) is 14.7. The lowest BCUT2D eigenvalue weighted by molar-refractivity contribution is -0.144. The third-order valence-electron chi connectivity index (χ3n) is 4.50. The molecule has 0 spiro atoms. The molecule has 10 nitrogen and oxygen atoms in total.